The standard InChI is InChI=1S/C40H37NO3/c1-39(2)35-11-7-6-10-33(35)36-31-8-4-5-9-32(31)38-34(37(36)39)20-21-40(26-44-38,28-14-18-30(42-3)19-15-28)27-12-16-29(17-13-27)41-22-24-43-25-23-41/h4-21H,22-26H2,1-3H3. The van der Waals surface area contributed by atoms with Crippen molar-refractivity contribution in [2.24, 2.45) is 0 Å². The second-order valence-electron chi connectivity index (χ2n) is 12.7. The minimum absolute atomic E-state index is 0.166. The molecule has 1 atom stereocenters. The van der Waals surface area contributed by atoms with Gasteiger partial charge in [-0.25, -0.2) is 0 Å². The molecule has 0 amide bonds. The molecule has 5 aromatic rings. The van der Waals surface area contributed by atoms with Crippen molar-refractivity contribution in [2.75, 3.05) is 44.9 Å². The number of nitrogens with zero attached hydrogens (tertiary/aromatic N) is 1. The molecule has 1 saturated heterocycles. The third-order valence-corrected chi connectivity index (χ3v) is 10.0. The minimum Gasteiger partial charge on any atom is -0.497 e. The lowest BCUT2D eigenvalue weighted by Gasteiger charge is -2.33. The number of ether oxygens (including phenoxy) is 3. The van der Waals surface area contributed by atoms with Crippen molar-refractivity contribution in [3.8, 4) is 22.6 Å². The fourth-order valence-corrected chi connectivity index (χ4v) is 7.72. The van der Waals surface area contributed by atoms with Gasteiger partial charge >= 0.3 is 0 Å². The predicted molar refractivity (Wildman–Crippen MR) is 179 cm³/mol. The Morgan fingerprint density at radius 2 is 1.41 bits per heavy atom. The van der Waals surface area contributed by atoms with Crippen LogP contribution in [0.15, 0.2) is 103 Å². The molecule has 0 aromatic heterocycles. The highest BCUT2D eigenvalue weighted by Crippen LogP contribution is 2.56. The molecule has 5 aromatic carbocycles. The maximum Gasteiger partial charge on any atom is 0.134 e. The molecule has 4 nitrogen and oxygen atoms in total. The van der Waals surface area contributed by atoms with Gasteiger partial charge in [0.2, 0.25) is 0 Å². The number of hydrogen-bond acceptors (Lipinski definition) is 4. The van der Waals surface area contributed by atoms with Crippen molar-refractivity contribution >= 4 is 22.5 Å². The zero-order chi connectivity index (χ0) is 29.9. The van der Waals surface area contributed by atoms with Crippen LogP contribution in [0.1, 0.15) is 41.7 Å². The van der Waals surface area contributed by atoms with Crippen LogP contribution >= 0.6 is 0 Å². The van der Waals surface area contributed by atoms with Crippen LogP contribution in [0.3, 0.4) is 0 Å². The average molecular weight is 580 g/mol. The summed E-state index contributed by atoms with van der Waals surface area (Å²) in [4.78, 5) is 2.40. The molecule has 44 heavy (non-hydrogen) atoms. The van der Waals surface area contributed by atoms with Gasteiger partial charge in [0.05, 0.1) is 25.7 Å². The van der Waals surface area contributed by atoms with Crippen molar-refractivity contribution in [2.45, 2.75) is 24.7 Å². The van der Waals surface area contributed by atoms with Crippen molar-refractivity contribution in [3.63, 3.8) is 0 Å². The van der Waals surface area contributed by atoms with Gasteiger partial charge in [-0.1, -0.05) is 98.8 Å². The van der Waals surface area contributed by atoms with E-state index in [0.717, 1.165) is 43.2 Å². The summed E-state index contributed by atoms with van der Waals surface area (Å²) in [7, 11) is 1.71. The number of rotatable bonds is 4. The van der Waals surface area contributed by atoms with E-state index in [9.17, 15) is 0 Å². The normalized spacial score (nSPS) is 19.9. The van der Waals surface area contributed by atoms with Gasteiger partial charge in [0.15, 0.2) is 0 Å². The average Bonchev–Trinajstić information content (AvgIpc) is 3.19. The number of methoxy groups -OCH3 is 1. The Morgan fingerprint density at radius 1 is 0.750 bits per heavy atom. The molecule has 1 fully saturated rings. The predicted octanol–water partition coefficient (Wildman–Crippen LogP) is 8.38. The molecular weight excluding hydrogens is 542 g/mol. The lowest BCUT2D eigenvalue weighted by molar-refractivity contribution is 0.122. The van der Waals surface area contributed by atoms with Crippen LogP contribution < -0.4 is 14.4 Å². The summed E-state index contributed by atoms with van der Waals surface area (Å²) in [5, 5.41) is 2.41. The van der Waals surface area contributed by atoms with Crippen LogP contribution in [0.4, 0.5) is 5.69 Å². The quantitative estimate of drug-likeness (QED) is 0.214. The molecule has 4 heteroatoms. The number of benzene rings is 5. The van der Waals surface area contributed by atoms with Crippen LogP contribution in [0.5, 0.6) is 11.5 Å². The van der Waals surface area contributed by atoms with E-state index < -0.39 is 5.41 Å². The van der Waals surface area contributed by atoms with E-state index in [2.05, 4.69) is 128 Å². The first kappa shape index (κ1) is 27.0. The zero-order valence-corrected chi connectivity index (χ0v) is 25.6. The molecule has 220 valence electrons. The molecule has 0 radical (unpaired) electrons. The van der Waals surface area contributed by atoms with Gasteiger partial charge in [-0.2, -0.15) is 0 Å². The highest BCUT2D eigenvalue weighted by molar-refractivity contribution is 6.08. The Bertz CT molecular complexity index is 1900. The summed E-state index contributed by atoms with van der Waals surface area (Å²) in [5.74, 6) is 1.81. The second kappa shape index (κ2) is 10.3. The number of hydrogen-bond donors (Lipinski definition) is 0. The highest BCUT2D eigenvalue weighted by Gasteiger charge is 2.42. The number of morpholine rings is 1. The molecule has 2 aliphatic heterocycles. The van der Waals surface area contributed by atoms with Gasteiger partial charge in [-0.3, -0.25) is 0 Å². The first-order valence-corrected chi connectivity index (χ1v) is 15.6. The van der Waals surface area contributed by atoms with Crippen LogP contribution in [0.25, 0.3) is 28.0 Å². The molecule has 0 N–H and O–H groups in total. The lowest BCUT2D eigenvalue weighted by Crippen LogP contribution is -2.36. The third-order valence-electron chi connectivity index (χ3n) is 10.0. The van der Waals surface area contributed by atoms with Crippen LogP contribution in [-0.2, 0) is 15.6 Å². The maximum absolute atomic E-state index is 7.09. The van der Waals surface area contributed by atoms with Crippen LogP contribution in [-0.4, -0.2) is 40.0 Å². The van der Waals surface area contributed by atoms with E-state index in [0.29, 0.717) is 6.61 Å². The van der Waals surface area contributed by atoms with Crippen LogP contribution in [0, 0.1) is 0 Å². The van der Waals surface area contributed by atoms with E-state index in [1.54, 1.807) is 7.11 Å². The van der Waals surface area contributed by atoms with E-state index in [4.69, 9.17) is 14.2 Å². The topological polar surface area (TPSA) is 30.9 Å². The summed E-state index contributed by atoms with van der Waals surface area (Å²) in [6, 6.07) is 35.2. The molecule has 3 aliphatic rings. The number of anilines is 1. The van der Waals surface area contributed by atoms with Gasteiger partial charge in [-0.15, -0.1) is 0 Å². The molecule has 1 unspecified atom stereocenters. The highest BCUT2D eigenvalue weighted by atomic mass is 16.5. The SMILES string of the molecule is COc1ccc(C2(c3ccc(N4CCOCC4)cc3)C=Cc3c4c(c5ccccc5c3OC2)-c2ccccc2C4(C)C)cc1. The van der Waals surface area contributed by atoms with Crippen molar-refractivity contribution < 1.29 is 14.2 Å². The minimum atomic E-state index is -0.502. The van der Waals surface area contributed by atoms with Crippen LogP contribution in [0.2, 0.25) is 0 Å². The summed E-state index contributed by atoms with van der Waals surface area (Å²) in [6.45, 7) is 8.56. The summed E-state index contributed by atoms with van der Waals surface area (Å²) < 4.78 is 18.2. The van der Waals surface area contributed by atoms with Gasteiger partial charge in [0.25, 0.3) is 0 Å². The van der Waals surface area contributed by atoms with Crippen molar-refractivity contribution in [3.05, 3.63) is 131 Å². The smallest absolute Gasteiger partial charge is 0.134 e. The fraction of sp³-hybridized carbons (Fsp3) is 0.250. The fourth-order valence-electron chi connectivity index (χ4n) is 7.72. The monoisotopic (exact) mass is 579 g/mol. The summed E-state index contributed by atoms with van der Waals surface area (Å²) in [5.41, 5.74) is 9.48. The van der Waals surface area contributed by atoms with Crippen molar-refractivity contribution in [1.82, 2.24) is 0 Å². The Hall–Kier alpha value is -4.54. The van der Waals surface area contributed by atoms with Crippen molar-refractivity contribution in [1.29, 1.82) is 0 Å². The van der Waals surface area contributed by atoms with Gasteiger partial charge in [0, 0.05) is 35.1 Å². The molecule has 0 bridgehead atoms. The Labute approximate surface area is 259 Å². The Morgan fingerprint density at radius 3 is 2.14 bits per heavy atom. The summed E-state index contributed by atoms with van der Waals surface area (Å²) in [6.07, 6.45) is 4.74. The molecule has 2 heterocycles. The second-order valence-corrected chi connectivity index (χ2v) is 12.7. The maximum atomic E-state index is 7.09. The first-order valence-electron chi connectivity index (χ1n) is 15.6. The van der Waals surface area contributed by atoms with E-state index in [1.165, 1.54) is 50.0 Å². The summed E-state index contributed by atoms with van der Waals surface area (Å²) >= 11 is 0. The van der Waals surface area contributed by atoms with Gasteiger partial charge in [-0.05, 0) is 63.0 Å². The first-order chi connectivity index (χ1) is 21.5. The lowest BCUT2D eigenvalue weighted by atomic mass is 9.74. The zero-order valence-electron chi connectivity index (χ0n) is 25.6. The molecular formula is C40H37NO3. The van der Waals surface area contributed by atoms with Gasteiger partial charge < -0.3 is 19.1 Å². The Balaban J connectivity index is 1.33. The van der Waals surface area contributed by atoms with E-state index in [1.807, 2.05) is 0 Å². The molecule has 0 spiro atoms. The molecule has 0 saturated carbocycles. The Kier molecular flexibility index (Phi) is 6.32. The third kappa shape index (κ3) is 4.01. The van der Waals surface area contributed by atoms with Gasteiger partial charge in [0.1, 0.15) is 18.1 Å². The molecule has 8 rings (SSSR count). The largest absolute Gasteiger partial charge is 0.497 e. The number of fused-ring (bicyclic) bond motifs is 8. The molecule has 1 aliphatic carbocycles. The van der Waals surface area contributed by atoms with E-state index >= 15 is 0 Å². The van der Waals surface area contributed by atoms with E-state index in [-0.39, 0.29) is 5.41 Å².